The van der Waals surface area contributed by atoms with E-state index in [2.05, 4.69) is 30.1 Å². The molecule has 0 aliphatic heterocycles. The van der Waals surface area contributed by atoms with Crippen molar-refractivity contribution in [1.82, 2.24) is 10.2 Å². The zero-order valence-electron chi connectivity index (χ0n) is 10.3. The van der Waals surface area contributed by atoms with Crippen molar-refractivity contribution in [2.24, 2.45) is 0 Å². The number of likely N-dealkylation sites (N-methyl/N-ethyl adjacent to an activating group) is 1. The lowest BCUT2D eigenvalue weighted by Gasteiger charge is -2.28. The third-order valence-electron chi connectivity index (χ3n) is 2.34. The number of nitriles is 1. The highest BCUT2D eigenvalue weighted by molar-refractivity contribution is 4.92. The van der Waals surface area contributed by atoms with Gasteiger partial charge in [-0.05, 0) is 20.4 Å². The summed E-state index contributed by atoms with van der Waals surface area (Å²) in [6, 6.07) is 2.62. The van der Waals surface area contributed by atoms with Crippen LogP contribution in [-0.2, 0) is 4.74 Å². The van der Waals surface area contributed by atoms with Gasteiger partial charge in [0.25, 0.3) is 0 Å². The van der Waals surface area contributed by atoms with Crippen LogP contribution in [0.15, 0.2) is 0 Å². The highest BCUT2D eigenvalue weighted by atomic mass is 16.5. The van der Waals surface area contributed by atoms with Crippen molar-refractivity contribution >= 4 is 0 Å². The number of nitrogens with zero attached hydrogens (tertiary/aromatic N) is 2. The monoisotopic (exact) mass is 213 g/mol. The SMILES string of the molecule is CCNC(C#N)CN(CCOC)C(C)C. The standard InChI is InChI=1S/C11H23N3O/c1-5-13-11(8-12)9-14(10(2)3)6-7-15-4/h10-11,13H,5-7,9H2,1-4H3. The second-order valence-electron chi connectivity index (χ2n) is 3.82. The summed E-state index contributed by atoms with van der Waals surface area (Å²) in [6.45, 7) is 9.45. The predicted octanol–water partition coefficient (Wildman–Crippen LogP) is 0.845. The fraction of sp³-hybridized carbons (Fsp3) is 0.909. The Hall–Kier alpha value is -0.630. The van der Waals surface area contributed by atoms with E-state index in [0.717, 1.165) is 19.6 Å². The molecule has 1 N–H and O–H groups in total. The largest absolute Gasteiger partial charge is 0.383 e. The molecule has 1 unspecified atom stereocenters. The number of hydrogen-bond acceptors (Lipinski definition) is 4. The Kier molecular flexibility index (Phi) is 8.30. The lowest BCUT2D eigenvalue weighted by atomic mass is 10.2. The first-order valence-corrected chi connectivity index (χ1v) is 5.51. The van der Waals surface area contributed by atoms with Crippen LogP contribution in [0.3, 0.4) is 0 Å². The molecule has 0 fully saturated rings. The first-order chi connectivity index (χ1) is 7.15. The van der Waals surface area contributed by atoms with Gasteiger partial charge in [-0.25, -0.2) is 0 Å². The molecule has 4 nitrogen and oxygen atoms in total. The molecule has 0 saturated carbocycles. The molecule has 0 amide bonds. The summed E-state index contributed by atoms with van der Waals surface area (Å²) in [5.41, 5.74) is 0. The number of hydrogen-bond donors (Lipinski definition) is 1. The minimum atomic E-state index is -0.0887. The van der Waals surface area contributed by atoms with Crippen LogP contribution in [0.25, 0.3) is 0 Å². The van der Waals surface area contributed by atoms with Crippen molar-refractivity contribution in [3.05, 3.63) is 0 Å². The maximum atomic E-state index is 8.94. The average Bonchev–Trinajstić information content (AvgIpc) is 2.22. The van der Waals surface area contributed by atoms with Crippen molar-refractivity contribution in [2.45, 2.75) is 32.9 Å². The first-order valence-electron chi connectivity index (χ1n) is 5.51. The Balaban J connectivity index is 4.07. The van der Waals surface area contributed by atoms with Crippen LogP contribution in [0.1, 0.15) is 20.8 Å². The molecule has 0 spiro atoms. The summed E-state index contributed by atoms with van der Waals surface area (Å²) in [7, 11) is 1.70. The maximum absolute atomic E-state index is 8.94. The summed E-state index contributed by atoms with van der Waals surface area (Å²) in [6.07, 6.45) is 0. The molecule has 0 radical (unpaired) electrons. The topological polar surface area (TPSA) is 48.3 Å². The van der Waals surface area contributed by atoms with Crippen LogP contribution in [0.2, 0.25) is 0 Å². The highest BCUT2D eigenvalue weighted by Crippen LogP contribution is 1.99. The minimum Gasteiger partial charge on any atom is -0.383 e. The van der Waals surface area contributed by atoms with Crippen LogP contribution in [0, 0.1) is 11.3 Å². The fourth-order valence-electron chi connectivity index (χ4n) is 1.40. The quantitative estimate of drug-likeness (QED) is 0.649. The zero-order chi connectivity index (χ0) is 11.7. The molecular formula is C11H23N3O. The van der Waals surface area contributed by atoms with Crippen molar-refractivity contribution in [3.63, 3.8) is 0 Å². The molecule has 0 saturated heterocycles. The first kappa shape index (κ1) is 14.4. The third kappa shape index (κ3) is 6.45. The van der Waals surface area contributed by atoms with Gasteiger partial charge in [0.2, 0.25) is 0 Å². The molecule has 1 atom stereocenters. The second-order valence-corrected chi connectivity index (χ2v) is 3.82. The number of rotatable bonds is 8. The summed E-state index contributed by atoms with van der Waals surface area (Å²) >= 11 is 0. The molecule has 0 rings (SSSR count). The Morgan fingerprint density at radius 2 is 2.13 bits per heavy atom. The summed E-state index contributed by atoms with van der Waals surface area (Å²) in [5, 5.41) is 12.1. The Labute approximate surface area is 93.2 Å². The Bertz CT molecular complexity index is 189. The minimum absolute atomic E-state index is 0.0887. The Morgan fingerprint density at radius 1 is 1.47 bits per heavy atom. The predicted molar refractivity (Wildman–Crippen MR) is 61.7 cm³/mol. The van der Waals surface area contributed by atoms with Crippen LogP contribution in [0.5, 0.6) is 0 Å². The fourth-order valence-corrected chi connectivity index (χ4v) is 1.40. The van der Waals surface area contributed by atoms with Gasteiger partial charge >= 0.3 is 0 Å². The van der Waals surface area contributed by atoms with E-state index in [0.29, 0.717) is 12.6 Å². The molecule has 0 aromatic rings. The lowest BCUT2D eigenvalue weighted by molar-refractivity contribution is 0.126. The van der Waals surface area contributed by atoms with Crippen LogP contribution >= 0.6 is 0 Å². The van der Waals surface area contributed by atoms with Crippen LogP contribution in [-0.4, -0.2) is 50.3 Å². The van der Waals surface area contributed by atoms with Gasteiger partial charge < -0.3 is 10.1 Å². The van der Waals surface area contributed by atoms with E-state index in [9.17, 15) is 0 Å². The van der Waals surface area contributed by atoms with E-state index in [1.165, 1.54) is 0 Å². The molecule has 0 bridgehead atoms. The highest BCUT2D eigenvalue weighted by Gasteiger charge is 2.14. The van der Waals surface area contributed by atoms with E-state index in [-0.39, 0.29) is 6.04 Å². The van der Waals surface area contributed by atoms with Crippen molar-refractivity contribution in [2.75, 3.05) is 33.4 Å². The number of ether oxygens (including phenoxy) is 1. The van der Waals surface area contributed by atoms with E-state index in [4.69, 9.17) is 10.00 Å². The van der Waals surface area contributed by atoms with Crippen LogP contribution in [0.4, 0.5) is 0 Å². The molecule has 4 heteroatoms. The van der Waals surface area contributed by atoms with Crippen molar-refractivity contribution < 1.29 is 4.74 Å². The van der Waals surface area contributed by atoms with Crippen molar-refractivity contribution in [3.8, 4) is 6.07 Å². The number of methoxy groups -OCH3 is 1. The summed E-state index contributed by atoms with van der Waals surface area (Å²) in [4.78, 5) is 2.25. The summed E-state index contributed by atoms with van der Waals surface area (Å²) < 4.78 is 5.05. The second kappa shape index (κ2) is 8.66. The van der Waals surface area contributed by atoms with Crippen molar-refractivity contribution in [1.29, 1.82) is 5.26 Å². The van der Waals surface area contributed by atoms with Gasteiger partial charge in [0.1, 0.15) is 6.04 Å². The van der Waals surface area contributed by atoms with Gasteiger partial charge in [-0.3, -0.25) is 4.90 Å². The van der Waals surface area contributed by atoms with Gasteiger partial charge in [-0.15, -0.1) is 0 Å². The van der Waals surface area contributed by atoms with Gasteiger partial charge in [0.15, 0.2) is 0 Å². The lowest BCUT2D eigenvalue weighted by Crippen LogP contribution is -2.44. The molecule has 0 aliphatic carbocycles. The molecule has 15 heavy (non-hydrogen) atoms. The summed E-state index contributed by atoms with van der Waals surface area (Å²) in [5.74, 6) is 0. The van der Waals surface area contributed by atoms with E-state index < -0.39 is 0 Å². The normalized spacial score (nSPS) is 13.1. The van der Waals surface area contributed by atoms with Crippen LogP contribution < -0.4 is 5.32 Å². The van der Waals surface area contributed by atoms with E-state index in [1.54, 1.807) is 7.11 Å². The molecule has 0 aromatic heterocycles. The molecule has 0 aliphatic rings. The maximum Gasteiger partial charge on any atom is 0.108 e. The average molecular weight is 213 g/mol. The number of nitrogens with one attached hydrogen (secondary N) is 1. The van der Waals surface area contributed by atoms with Gasteiger partial charge in [0, 0.05) is 26.2 Å². The van der Waals surface area contributed by atoms with Gasteiger partial charge in [-0.2, -0.15) is 5.26 Å². The van der Waals surface area contributed by atoms with Gasteiger partial charge in [-0.1, -0.05) is 6.92 Å². The van der Waals surface area contributed by atoms with Gasteiger partial charge in [0.05, 0.1) is 12.7 Å². The Morgan fingerprint density at radius 3 is 2.53 bits per heavy atom. The molecule has 0 heterocycles. The smallest absolute Gasteiger partial charge is 0.108 e. The molecular weight excluding hydrogens is 190 g/mol. The molecule has 88 valence electrons. The van der Waals surface area contributed by atoms with E-state index >= 15 is 0 Å². The van der Waals surface area contributed by atoms with E-state index in [1.807, 2.05) is 6.92 Å². The zero-order valence-corrected chi connectivity index (χ0v) is 10.3. The molecule has 0 aromatic carbocycles. The third-order valence-corrected chi connectivity index (χ3v) is 2.34.